The molecule has 0 atom stereocenters. The molecule has 0 fully saturated rings. The first-order valence-electron chi connectivity index (χ1n) is 3.43. The van der Waals surface area contributed by atoms with Gasteiger partial charge >= 0.3 is 0 Å². The van der Waals surface area contributed by atoms with E-state index >= 15 is 0 Å². The van der Waals surface area contributed by atoms with Crippen molar-refractivity contribution >= 4 is 17.3 Å². The second-order valence-corrected chi connectivity index (χ2v) is 2.70. The topological polar surface area (TPSA) is 44.3 Å². The van der Waals surface area contributed by atoms with Crippen molar-refractivity contribution in [1.82, 2.24) is 10.6 Å². The molecule has 0 radical (unpaired) electrons. The zero-order valence-electron chi connectivity index (χ0n) is 6.68. The van der Waals surface area contributed by atoms with E-state index in [2.05, 4.69) is 17.2 Å². The molecular formula is C7H14N2OS. The van der Waals surface area contributed by atoms with E-state index in [1.165, 1.54) is 0 Å². The summed E-state index contributed by atoms with van der Waals surface area (Å²) in [5, 5.41) is 14.7. The molecule has 3 N–H and O–H groups in total. The smallest absolute Gasteiger partial charge is 0.166 e. The Bertz CT molecular complexity index is 147. The van der Waals surface area contributed by atoms with Gasteiger partial charge in [0, 0.05) is 13.1 Å². The molecule has 0 aliphatic heterocycles. The van der Waals surface area contributed by atoms with Gasteiger partial charge in [0.1, 0.15) is 0 Å². The number of thiocarbonyl (C=S) groups is 1. The van der Waals surface area contributed by atoms with Crippen LogP contribution in [0.15, 0.2) is 12.2 Å². The summed E-state index contributed by atoms with van der Waals surface area (Å²) in [5.41, 5.74) is 1.03. The predicted octanol–water partition coefficient (Wildman–Crippen LogP) is 0.0189. The van der Waals surface area contributed by atoms with Gasteiger partial charge in [0.25, 0.3) is 0 Å². The summed E-state index contributed by atoms with van der Waals surface area (Å²) in [6.45, 7) is 6.88. The van der Waals surface area contributed by atoms with Crippen LogP contribution in [0.1, 0.15) is 6.92 Å². The van der Waals surface area contributed by atoms with E-state index in [4.69, 9.17) is 17.3 Å². The Kier molecular flexibility index (Phi) is 5.78. The molecular weight excluding hydrogens is 160 g/mol. The lowest BCUT2D eigenvalue weighted by atomic mass is 10.3. The summed E-state index contributed by atoms with van der Waals surface area (Å²) in [4.78, 5) is 0. The van der Waals surface area contributed by atoms with Crippen molar-refractivity contribution in [3.63, 3.8) is 0 Å². The normalized spacial score (nSPS) is 8.91. The molecule has 0 aromatic rings. The summed E-state index contributed by atoms with van der Waals surface area (Å²) in [7, 11) is 0. The Labute approximate surface area is 72.5 Å². The predicted molar refractivity (Wildman–Crippen MR) is 50.5 cm³/mol. The van der Waals surface area contributed by atoms with Crippen molar-refractivity contribution in [2.75, 3.05) is 19.7 Å². The Morgan fingerprint density at radius 2 is 2.18 bits per heavy atom. The van der Waals surface area contributed by atoms with Gasteiger partial charge in [-0.3, -0.25) is 0 Å². The summed E-state index contributed by atoms with van der Waals surface area (Å²) < 4.78 is 0. The van der Waals surface area contributed by atoms with Crippen LogP contribution in [0.2, 0.25) is 0 Å². The molecule has 3 nitrogen and oxygen atoms in total. The molecule has 0 aromatic heterocycles. The number of rotatable bonds is 4. The minimum Gasteiger partial charge on any atom is -0.395 e. The fourth-order valence-corrected chi connectivity index (χ4v) is 0.637. The van der Waals surface area contributed by atoms with Crippen LogP contribution in [-0.2, 0) is 0 Å². The molecule has 0 heterocycles. The Hall–Kier alpha value is -0.610. The second kappa shape index (κ2) is 6.12. The molecule has 0 aliphatic rings. The molecule has 0 spiro atoms. The molecule has 0 unspecified atom stereocenters. The van der Waals surface area contributed by atoms with Crippen molar-refractivity contribution < 1.29 is 5.11 Å². The highest BCUT2D eigenvalue weighted by molar-refractivity contribution is 7.80. The number of nitrogens with one attached hydrogen (secondary N) is 2. The SMILES string of the molecule is C=C(C)CNC(=S)NCCO. The van der Waals surface area contributed by atoms with Crippen molar-refractivity contribution in [2.45, 2.75) is 6.92 Å². The summed E-state index contributed by atoms with van der Waals surface area (Å²) in [6.07, 6.45) is 0. The summed E-state index contributed by atoms with van der Waals surface area (Å²) >= 11 is 4.86. The molecule has 0 saturated heterocycles. The molecule has 4 heteroatoms. The molecule has 0 aliphatic carbocycles. The highest BCUT2D eigenvalue weighted by Gasteiger charge is 1.91. The maximum atomic E-state index is 8.43. The van der Waals surface area contributed by atoms with Crippen LogP contribution >= 0.6 is 12.2 Å². The quantitative estimate of drug-likeness (QED) is 0.415. The van der Waals surface area contributed by atoms with Crippen molar-refractivity contribution in [3.8, 4) is 0 Å². The number of hydrogen-bond donors (Lipinski definition) is 3. The summed E-state index contributed by atoms with van der Waals surface area (Å²) in [5.74, 6) is 0. The first kappa shape index (κ1) is 10.4. The maximum absolute atomic E-state index is 8.43. The zero-order valence-corrected chi connectivity index (χ0v) is 7.50. The molecule has 11 heavy (non-hydrogen) atoms. The van der Waals surface area contributed by atoms with E-state index < -0.39 is 0 Å². The molecule has 0 bridgehead atoms. The Balaban J connectivity index is 3.30. The van der Waals surface area contributed by atoms with E-state index in [-0.39, 0.29) is 6.61 Å². The van der Waals surface area contributed by atoms with Crippen LogP contribution in [0.5, 0.6) is 0 Å². The molecule has 0 amide bonds. The van der Waals surface area contributed by atoms with Crippen LogP contribution in [0.25, 0.3) is 0 Å². The second-order valence-electron chi connectivity index (χ2n) is 2.29. The Morgan fingerprint density at radius 3 is 2.64 bits per heavy atom. The maximum Gasteiger partial charge on any atom is 0.166 e. The lowest BCUT2D eigenvalue weighted by molar-refractivity contribution is 0.300. The van der Waals surface area contributed by atoms with Gasteiger partial charge in [0.05, 0.1) is 6.61 Å². The summed E-state index contributed by atoms with van der Waals surface area (Å²) in [6, 6.07) is 0. The van der Waals surface area contributed by atoms with E-state index in [9.17, 15) is 0 Å². The van der Waals surface area contributed by atoms with Crippen LogP contribution in [0, 0.1) is 0 Å². The average molecular weight is 174 g/mol. The van der Waals surface area contributed by atoms with Gasteiger partial charge in [0.15, 0.2) is 5.11 Å². The first-order valence-corrected chi connectivity index (χ1v) is 3.84. The van der Waals surface area contributed by atoms with Gasteiger partial charge in [0.2, 0.25) is 0 Å². The van der Waals surface area contributed by atoms with Crippen LogP contribution in [0.4, 0.5) is 0 Å². The van der Waals surface area contributed by atoms with Gasteiger partial charge in [-0.1, -0.05) is 12.2 Å². The third kappa shape index (κ3) is 7.29. The van der Waals surface area contributed by atoms with Crippen LogP contribution in [0.3, 0.4) is 0 Å². The fraction of sp³-hybridized carbons (Fsp3) is 0.571. The Morgan fingerprint density at radius 1 is 1.55 bits per heavy atom. The van der Waals surface area contributed by atoms with Gasteiger partial charge in [-0.2, -0.15) is 0 Å². The lowest BCUT2D eigenvalue weighted by Gasteiger charge is -2.08. The van der Waals surface area contributed by atoms with Crippen molar-refractivity contribution in [1.29, 1.82) is 0 Å². The van der Waals surface area contributed by atoms with E-state index in [0.717, 1.165) is 5.57 Å². The minimum absolute atomic E-state index is 0.0922. The van der Waals surface area contributed by atoms with Gasteiger partial charge in [-0.05, 0) is 19.1 Å². The van der Waals surface area contributed by atoms with Gasteiger partial charge in [-0.25, -0.2) is 0 Å². The highest BCUT2D eigenvalue weighted by Crippen LogP contribution is 1.80. The molecule has 64 valence electrons. The highest BCUT2D eigenvalue weighted by atomic mass is 32.1. The minimum atomic E-state index is 0.0922. The van der Waals surface area contributed by atoms with E-state index in [1.54, 1.807) is 0 Å². The number of aliphatic hydroxyl groups is 1. The fourth-order valence-electron chi connectivity index (χ4n) is 0.463. The van der Waals surface area contributed by atoms with E-state index in [0.29, 0.717) is 18.2 Å². The monoisotopic (exact) mass is 174 g/mol. The van der Waals surface area contributed by atoms with Crippen molar-refractivity contribution in [3.05, 3.63) is 12.2 Å². The molecule has 0 saturated carbocycles. The zero-order chi connectivity index (χ0) is 8.69. The third-order valence-electron chi connectivity index (χ3n) is 0.948. The third-order valence-corrected chi connectivity index (χ3v) is 1.24. The van der Waals surface area contributed by atoms with Crippen LogP contribution < -0.4 is 10.6 Å². The number of hydrogen-bond acceptors (Lipinski definition) is 2. The van der Waals surface area contributed by atoms with Gasteiger partial charge < -0.3 is 15.7 Å². The van der Waals surface area contributed by atoms with E-state index in [1.807, 2.05) is 6.92 Å². The average Bonchev–Trinajstić information content (AvgIpc) is 1.97. The first-order chi connectivity index (χ1) is 5.16. The molecule has 0 aromatic carbocycles. The molecule has 0 rings (SSSR count). The largest absolute Gasteiger partial charge is 0.395 e. The lowest BCUT2D eigenvalue weighted by Crippen LogP contribution is -2.37. The van der Waals surface area contributed by atoms with Crippen LogP contribution in [-0.4, -0.2) is 29.9 Å². The van der Waals surface area contributed by atoms with Crippen molar-refractivity contribution in [2.24, 2.45) is 0 Å². The van der Waals surface area contributed by atoms with Gasteiger partial charge in [-0.15, -0.1) is 0 Å². The standard InChI is InChI=1S/C7H14N2OS/c1-6(2)5-9-7(11)8-3-4-10/h10H,1,3-5H2,2H3,(H2,8,9,11). The number of aliphatic hydroxyl groups excluding tert-OH is 1.